The maximum Gasteiger partial charge on any atom is 0.472 e. The molecule has 0 aliphatic rings. The molecule has 296 valence electrons. The summed E-state index contributed by atoms with van der Waals surface area (Å²) in [5.41, 5.74) is 5.35. The van der Waals surface area contributed by atoms with E-state index in [0.717, 1.165) is 51.4 Å². The Balaban J connectivity index is 4.40. The molecule has 0 saturated heterocycles. The van der Waals surface area contributed by atoms with Crippen molar-refractivity contribution in [3.8, 4) is 0 Å². The van der Waals surface area contributed by atoms with Crippen molar-refractivity contribution in [2.75, 3.05) is 19.8 Å². The van der Waals surface area contributed by atoms with Crippen LogP contribution in [-0.4, -0.2) is 59.0 Å². The summed E-state index contributed by atoms with van der Waals surface area (Å²) in [5.74, 6) is -0.452. The smallest absolute Gasteiger partial charge is 0.393 e. The van der Waals surface area contributed by atoms with Gasteiger partial charge < -0.3 is 26.2 Å². The number of allylic oxidation sites excluding steroid dienone is 3. The first-order chi connectivity index (χ1) is 24.3. The van der Waals surface area contributed by atoms with E-state index in [1.807, 2.05) is 6.08 Å². The molecule has 4 atom stereocenters. The summed E-state index contributed by atoms with van der Waals surface area (Å²) in [4.78, 5) is 22.7. The summed E-state index contributed by atoms with van der Waals surface area (Å²) >= 11 is 0. The zero-order valence-corrected chi connectivity index (χ0v) is 33.1. The van der Waals surface area contributed by atoms with Crippen molar-refractivity contribution in [3.63, 3.8) is 0 Å². The molecule has 0 spiro atoms. The van der Waals surface area contributed by atoms with Crippen LogP contribution in [0.15, 0.2) is 24.3 Å². The van der Waals surface area contributed by atoms with E-state index in [1.54, 1.807) is 6.08 Å². The number of unbranched alkanes of at least 4 members (excludes halogenated alkanes) is 22. The van der Waals surface area contributed by atoms with E-state index in [1.165, 1.54) is 109 Å². The van der Waals surface area contributed by atoms with Gasteiger partial charge in [0, 0.05) is 6.54 Å². The van der Waals surface area contributed by atoms with Gasteiger partial charge in [-0.3, -0.25) is 13.8 Å². The predicted molar refractivity (Wildman–Crippen MR) is 209 cm³/mol. The molecule has 4 unspecified atom stereocenters. The van der Waals surface area contributed by atoms with Crippen molar-refractivity contribution in [1.82, 2.24) is 5.32 Å². The topological polar surface area (TPSA) is 151 Å². The maximum absolute atomic E-state index is 12.8. The molecule has 50 heavy (non-hydrogen) atoms. The van der Waals surface area contributed by atoms with E-state index in [4.69, 9.17) is 14.8 Å². The van der Waals surface area contributed by atoms with Gasteiger partial charge >= 0.3 is 7.82 Å². The first-order valence-corrected chi connectivity index (χ1v) is 22.0. The Morgan fingerprint density at radius 1 is 0.680 bits per heavy atom. The van der Waals surface area contributed by atoms with Crippen LogP contribution < -0.4 is 11.1 Å². The second-order valence-corrected chi connectivity index (χ2v) is 15.5. The highest BCUT2D eigenvalue weighted by atomic mass is 31.2. The molecule has 0 aliphatic heterocycles. The monoisotopic (exact) mass is 731 g/mol. The molecule has 0 aromatic heterocycles. The van der Waals surface area contributed by atoms with Crippen LogP contribution in [0.2, 0.25) is 0 Å². The van der Waals surface area contributed by atoms with Crippen LogP contribution in [0.4, 0.5) is 0 Å². The van der Waals surface area contributed by atoms with Crippen molar-refractivity contribution in [1.29, 1.82) is 0 Å². The summed E-state index contributed by atoms with van der Waals surface area (Å²) < 4.78 is 22.0. The molecule has 0 bridgehead atoms. The summed E-state index contributed by atoms with van der Waals surface area (Å²) in [6.07, 6.45) is 36.8. The van der Waals surface area contributed by atoms with Crippen molar-refractivity contribution in [2.24, 2.45) is 5.73 Å². The Bertz CT molecular complexity index is 858. The molecule has 6 N–H and O–H groups in total. The number of carbonyl (C=O) groups excluding carboxylic acids is 1. The Hall–Kier alpha value is -1.06. The van der Waals surface area contributed by atoms with Crippen LogP contribution in [-0.2, 0) is 18.4 Å². The number of hydrogen-bond donors (Lipinski definition) is 5. The normalized spacial score (nSPS) is 15.1. The largest absolute Gasteiger partial charge is 0.472 e. The van der Waals surface area contributed by atoms with E-state index < -0.39 is 38.6 Å². The summed E-state index contributed by atoms with van der Waals surface area (Å²) in [7, 11) is -4.39. The first kappa shape index (κ1) is 48.9. The van der Waals surface area contributed by atoms with Crippen molar-refractivity contribution in [3.05, 3.63) is 24.3 Å². The molecule has 1 amide bonds. The van der Waals surface area contributed by atoms with Crippen LogP contribution in [0.5, 0.6) is 0 Å². The molecule has 0 aromatic carbocycles. The molecule has 0 radical (unpaired) electrons. The second-order valence-electron chi connectivity index (χ2n) is 14.0. The molecule has 0 heterocycles. The lowest BCUT2D eigenvalue weighted by Gasteiger charge is -2.24. The SMILES string of the molecule is CCCCCC/C=C\CCCCCCCC(O)CC(=O)NC(COP(=O)(O)OCCN)C(O)/C=C/CCCCCCCCCCCCCCC. The third kappa shape index (κ3) is 34.0. The van der Waals surface area contributed by atoms with Crippen molar-refractivity contribution in [2.45, 2.75) is 205 Å². The quantitative estimate of drug-likeness (QED) is 0.0239. The van der Waals surface area contributed by atoms with Gasteiger partial charge in [-0.2, -0.15) is 0 Å². The third-order valence-corrected chi connectivity index (χ3v) is 10.1. The number of nitrogens with two attached hydrogens (primary N) is 1. The number of nitrogens with one attached hydrogen (secondary N) is 1. The molecule has 10 heteroatoms. The van der Waals surface area contributed by atoms with Gasteiger partial charge in [0.25, 0.3) is 0 Å². The highest BCUT2D eigenvalue weighted by Gasteiger charge is 2.27. The van der Waals surface area contributed by atoms with Gasteiger partial charge in [-0.15, -0.1) is 0 Å². The van der Waals surface area contributed by atoms with Gasteiger partial charge in [0.15, 0.2) is 0 Å². The van der Waals surface area contributed by atoms with E-state index >= 15 is 0 Å². The fraction of sp³-hybridized carbons (Fsp3) is 0.875. The molecule has 0 aromatic rings. The Labute approximate surface area is 307 Å². The number of amides is 1. The molecule has 0 fully saturated rings. The number of aliphatic hydroxyl groups is 2. The summed E-state index contributed by atoms with van der Waals surface area (Å²) in [6, 6.07) is -0.982. The number of aliphatic hydroxyl groups excluding tert-OH is 2. The lowest BCUT2D eigenvalue weighted by atomic mass is 10.0. The number of rotatable bonds is 38. The van der Waals surface area contributed by atoms with Gasteiger partial charge in [0.1, 0.15) is 0 Å². The van der Waals surface area contributed by atoms with E-state index in [2.05, 4.69) is 31.3 Å². The van der Waals surface area contributed by atoms with Gasteiger partial charge in [0.05, 0.1) is 37.9 Å². The van der Waals surface area contributed by atoms with Gasteiger partial charge in [-0.1, -0.05) is 160 Å². The Morgan fingerprint density at radius 2 is 1.12 bits per heavy atom. The van der Waals surface area contributed by atoms with Crippen LogP contribution in [0.1, 0.15) is 187 Å². The zero-order chi connectivity index (χ0) is 37.0. The lowest BCUT2D eigenvalue weighted by molar-refractivity contribution is -0.124. The maximum atomic E-state index is 12.8. The second kappa shape index (κ2) is 36.3. The Kier molecular flexibility index (Phi) is 35.5. The van der Waals surface area contributed by atoms with Crippen LogP contribution >= 0.6 is 7.82 Å². The number of phosphoric acid groups is 1. The van der Waals surface area contributed by atoms with Gasteiger partial charge in [-0.05, 0) is 44.9 Å². The van der Waals surface area contributed by atoms with Crippen molar-refractivity contribution >= 4 is 13.7 Å². The van der Waals surface area contributed by atoms with Crippen LogP contribution in [0.25, 0.3) is 0 Å². The third-order valence-electron chi connectivity index (χ3n) is 9.08. The predicted octanol–water partition coefficient (Wildman–Crippen LogP) is 9.97. The molecule has 0 saturated carbocycles. The number of carbonyl (C=O) groups is 1. The minimum absolute atomic E-state index is 0.0487. The molecule has 0 aliphatic carbocycles. The summed E-state index contributed by atoms with van der Waals surface area (Å²) in [5, 5.41) is 24.0. The minimum Gasteiger partial charge on any atom is -0.393 e. The molecular weight excluding hydrogens is 651 g/mol. The molecule has 9 nitrogen and oxygen atoms in total. The Morgan fingerprint density at radius 3 is 1.62 bits per heavy atom. The highest BCUT2D eigenvalue weighted by Crippen LogP contribution is 2.43. The first-order valence-electron chi connectivity index (χ1n) is 20.5. The zero-order valence-electron chi connectivity index (χ0n) is 32.3. The van der Waals surface area contributed by atoms with Crippen LogP contribution in [0.3, 0.4) is 0 Å². The fourth-order valence-corrected chi connectivity index (χ4v) is 6.69. The fourth-order valence-electron chi connectivity index (χ4n) is 5.93. The average molecular weight is 731 g/mol. The average Bonchev–Trinajstić information content (AvgIpc) is 3.09. The molecule has 0 rings (SSSR count). The van der Waals surface area contributed by atoms with E-state index in [-0.39, 0.29) is 19.6 Å². The standard InChI is InChI=1S/C40H79N2O7P/c1-3-5-7-9-11-13-15-17-18-20-22-24-26-28-30-32-39(44)38(36-49-50(46,47)48-34-33-41)42-40(45)35-37(43)31-29-27-25-23-21-19-16-14-12-10-8-6-4-2/h14,16,30,32,37-39,43-44H,3-13,15,17-29,31,33-36,41H2,1-2H3,(H,42,45)(H,46,47)/b16-14-,32-30+. The van der Waals surface area contributed by atoms with Crippen molar-refractivity contribution < 1.29 is 33.5 Å². The van der Waals surface area contributed by atoms with Gasteiger partial charge in [0.2, 0.25) is 5.91 Å². The lowest BCUT2D eigenvalue weighted by Crippen LogP contribution is -2.46. The van der Waals surface area contributed by atoms with Crippen LogP contribution in [0, 0.1) is 0 Å². The number of phosphoric ester groups is 1. The van der Waals surface area contributed by atoms with Gasteiger partial charge in [-0.25, -0.2) is 4.57 Å². The van der Waals surface area contributed by atoms with E-state index in [0.29, 0.717) is 6.42 Å². The summed E-state index contributed by atoms with van der Waals surface area (Å²) in [6.45, 7) is 3.94. The minimum atomic E-state index is -4.39. The highest BCUT2D eigenvalue weighted by molar-refractivity contribution is 7.47. The van der Waals surface area contributed by atoms with E-state index in [9.17, 15) is 24.5 Å². The molecular formula is C40H79N2O7P. The number of hydrogen-bond acceptors (Lipinski definition) is 7.